The molecule has 1 aliphatic carbocycles. The Labute approximate surface area is 103 Å². The summed E-state index contributed by atoms with van der Waals surface area (Å²) < 4.78 is 2.46. The summed E-state index contributed by atoms with van der Waals surface area (Å²) in [5.41, 5.74) is 2.81. The fraction of sp³-hybridized carbons (Fsp3) is 0.500. The topological polar surface area (TPSA) is 4.93 Å². The molecule has 0 atom stereocenters. The van der Waals surface area contributed by atoms with Crippen LogP contribution >= 0.6 is 0 Å². The molecule has 1 aromatic heterocycles. The molecule has 0 saturated heterocycles. The maximum Gasteiger partial charge on any atom is 0.0483 e. The van der Waals surface area contributed by atoms with Crippen LogP contribution in [0, 0.1) is 12.8 Å². The van der Waals surface area contributed by atoms with Gasteiger partial charge in [-0.25, -0.2) is 0 Å². The van der Waals surface area contributed by atoms with Crippen molar-refractivity contribution in [2.45, 2.75) is 45.6 Å². The molecule has 17 heavy (non-hydrogen) atoms. The summed E-state index contributed by atoms with van der Waals surface area (Å²) in [6, 6.07) is 8.90. The summed E-state index contributed by atoms with van der Waals surface area (Å²) in [4.78, 5) is 0. The van der Waals surface area contributed by atoms with Gasteiger partial charge in [0, 0.05) is 23.6 Å². The van der Waals surface area contributed by atoms with E-state index < -0.39 is 0 Å². The first-order valence-corrected chi connectivity index (χ1v) is 6.89. The fourth-order valence-electron chi connectivity index (χ4n) is 3.18. The zero-order chi connectivity index (χ0) is 11.7. The normalized spacial score (nSPS) is 17.7. The smallest absolute Gasteiger partial charge is 0.0483 e. The Balaban J connectivity index is 1.87. The Kier molecular flexibility index (Phi) is 2.92. The third kappa shape index (κ3) is 2.11. The van der Waals surface area contributed by atoms with Crippen molar-refractivity contribution in [3.63, 3.8) is 0 Å². The zero-order valence-electron chi connectivity index (χ0n) is 10.7. The van der Waals surface area contributed by atoms with E-state index in [0.29, 0.717) is 0 Å². The largest absolute Gasteiger partial charge is 0.347 e. The summed E-state index contributed by atoms with van der Waals surface area (Å²) in [5.74, 6) is 0.903. The molecule has 0 N–H and O–H groups in total. The molecule has 1 fully saturated rings. The SMILES string of the molecule is Cc1cccc2c1ccn2CC1CCCCC1. The van der Waals surface area contributed by atoms with Crippen LogP contribution in [0.3, 0.4) is 0 Å². The number of benzene rings is 1. The minimum Gasteiger partial charge on any atom is -0.347 e. The van der Waals surface area contributed by atoms with E-state index in [4.69, 9.17) is 0 Å². The van der Waals surface area contributed by atoms with Gasteiger partial charge >= 0.3 is 0 Å². The molecular weight excluding hydrogens is 206 g/mol. The van der Waals surface area contributed by atoms with Crippen molar-refractivity contribution in [1.29, 1.82) is 0 Å². The quantitative estimate of drug-likeness (QED) is 0.710. The monoisotopic (exact) mass is 227 g/mol. The van der Waals surface area contributed by atoms with E-state index in [1.54, 1.807) is 0 Å². The molecule has 1 aromatic carbocycles. The van der Waals surface area contributed by atoms with Crippen LogP contribution < -0.4 is 0 Å². The standard InChI is InChI=1S/C16H21N/c1-13-6-5-9-16-15(13)10-11-17(16)12-14-7-3-2-4-8-14/h5-6,9-11,14H,2-4,7-8,12H2,1H3. The van der Waals surface area contributed by atoms with Gasteiger partial charge in [-0.3, -0.25) is 0 Å². The summed E-state index contributed by atoms with van der Waals surface area (Å²) in [7, 11) is 0. The number of fused-ring (bicyclic) bond motifs is 1. The fourth-order valence-corrected chi connectivity index (χ4v) is 3.18. The van der Waals surface area contributed by atoms with Crippen molar-refractivity contribution in [2.24, 2.45) is 5.92 Å². The number of aromatic nitrogens is 1. The first kappa shape index (κ1) is 10.9. The van der Waals surface area contributed by atoms with Gasteiger partial charge in [0.15, 0.2) is 0 Å². The predicted octanol–water partition coefficient (Wildman–Crippen LogP) is 4.53. The van der Waals surface area contributed by atoms with Gasteiger partial charge in [0.2, 0.25) is 0 Å². The third-order valence-electron chi connectivity index (χ3n) is 4.21. The molecule has 1 heterocycles. The Morgan fingerprint density at radius 1 is 1.12 bits per heavy atom. The highest BCUT2D eigenvalue weighted by Crippen LogP contribution is 2.27. The third-order valence-corrected chi connectivity index (χ3v) is 4.21. The molecular formula is C16H21N. The van der Waals surface area contributed by atoms with Gasteiger partial charge in [0.1, 0.15) is 0 Å². The molecule has 90 valence electrons. The van der Waals surface area contributed by atoms with Crippen LogP contribution in [0.1, 0.15) is 37.7 Å². The van der Waals surface area contributed by atoms with Crippen LogP contribution in [-0.2, 0) is 6.54 Å². The second-order valence-corrected chi connectivity index (χ2v) is 5.48. The Morgan fingerprint density at radius 3 is 2.76 bits per heavy atom. The van der Waals surface area contributed by atoms with Gasteiger partial charge in [-0.15, -0.1) is 0 Å². The Hall–Kier alpha value is -1.24. The lowest BCUT2D eigenvalue weighted by molar-refractivity contribution is 0.322. The van der Waals surface area contributed by atoms with E-state index in [2.05, 4.69) is 42.0 Å². The van der Waals surface area contributed by atoms with E-state index in [9.17, 15) is 0 Å². The van der Waals surface area contributed by atoms with Crippen molar-refractivity contribution in [3.05, 3.63) is 36.0 Å². The van der Waals surface area contributed by atoms with Gasteiger partial charge in [0.05, 0.1) is 0 Å². The molecule has 0 amide bonds. The predicted molar refractivity (Wildman–Crippen MR) is 73.3 cm³/mol. The average molecular weight is 227 g/mol. The van der Waals surface area contributed by atoms with Crippen molar-refractivity contribution in [2.75, 3.05) is 0 Å². The second kappa shape index (κ2) is 4.56. The average Bonchev–Trinajstić information content (AvgIpc) is 2.76. The van der Waals surface area contributed by atoms with Crippen LogP contribution in [0.15, 0.2) is 30.5 Å². The van der Waals surface area contributed by atoms with E-state index in [-0.39, 0.29) is 0 Å². The minimum absolute atomic E-state index is 0.903. The lowest BCUT2D eigenvalue weighted by Crippen LogP contribution is -2.13. The van der Waals surface area contributed by atoms with Gasteiger partial charge in [0.25, 0.3) is 0 Å². The second-order valence-electron chi connectivity index (χ2n) is 5.48. The number of hydrogen-bond acceptors (Lipinski definition) is 0. The summed E-state index contributed by atoms with van der Waals surface area (Å²) in [6.45, 7) is 3.42. The molecule has 3 rings (SSSR count). The first-order chi connectivity index (χ1) is 8.34. The Morgan fingerprint density at radius 2 is 1.94 bits per heavy atom. The van der Waals surface area contributed by atoms with Crippen molar-refractivity contribution < 1.29 is 0 Å². The van der Waals surface area contributed by atoms with Crippen LogP contribution in [0.5, 0.6) is 0 Å². The molecule has 1 nitrogen and oxygen atoms in total. The number of aryl methyl sites for hydroxylation is 1. The molecule has 1 saturated carbocycles. The highest BCUT2D eigenvalue weighted by atomic mass is 15.0. The summed E-state index contributed by atoms with van der Waals surface area (Å²) in [6.07, 6.45) is 9.43. The molecule has 1 aliphatic rings. The molecule has 1 heteroatoms. The number of rotatable bonds is 2. The molecule has 0 radical (unpaired) electrons. The van der Waals surface area contributed by atoms with E-state index in [1.807, 2.05) is 0 Å². The zero-order valence-corrected chi connectivity index (χ0v) is 10.7. The minimum atomic E-state index is 0.903. The van der Waals surface area contributed by atoms with E-state index >= 15 is 0 Å². The molecule has 2 aromatic rings. The number of nitrogens with zero attached hydrogens (tertiary/aromatic N) is 1. The van der Waals surface area contributed by atoms with E-state index in [0.717, 1.165) is 5.92 Å². The summed E-state index contributed by atoms with van der Waals surface area (Å²) >= 11 is 0. The van der Waals surface area contributed by atoms with Gasteiger partial charge in [-0.1, -0.05) is 31.4 Å². The van der Waals surface area contributed by atoms with Crippen LogP contribution in [0.25, 0.3) is 10.9 Å². The first-order valence-electron chi connectivity index (χ1n) is 6.89. The maximum atomic E-state index is 2.46. The van der Waals surface area contributed by atoms with Gasteiger partial charge < -0.3 is 4.57 Å². The van der Waals surface area contributed by atoms with Crippen LogP contribution in [-0.4, -0.2) is 4.57 Å². The van der Waals surface area contributed by atoms with Crippen molar-refractivity contribution >= 4 is 10.9 Å². The lowest BCUT2D eigenvalue weighted by atomic mass is 9.89. The molecule has 0 spiro atoms. The summed E-state index contributed by atoms with van der Waals surface area (Å²) in [5, 5.41) is 1.42. The number of hydrogen-bond donors (Lipinski definition) is 0. The van der Waals surface area contributed by atoms with Crippen LogP contribution in [0.4, 0.5) is 0 Å². The Bertz CT molecular complexity index is 503. The highest BCUT2D eigenvalue weighted by molar-refractivity contribution is 5.83. The lowest BCUT2D eigenvalue weighted by Gasteiger charge is -2.22. The highest BCUT2D eigenvalue weighted by Gasteiger charge is 2.14. The molecule has 0 aliphatic heterocycles. The van der Waals surface area contributed by atoms with Crippen LogP contribution in [0.2, 0.25) is 0 Å². The molecule has 0 unspecified atom stereocenters. The van der Waals surface area contributed by atoms with Crippen molar-refractivity contribution in [1.82, 2.24) is 4.57 Å². The molecule has 0 bridgehead atoms. The maximum absolute atomic E-state index is 2.46. The van der Waals surface area contributed by atoms with Gasteiger partial charge in [-0.2, -0.15) is 0 Å². The van der Waals surface area contributed by atoms with E-state index in [1.165, 1.54) is 55.1 Å². The van der Waals surface area contributed by atoms with Crippen molar-refractivity contribution in [3.8, 4) is 0 Å². The van der Waals surface area contributed by atoms with Gasteiger partial charge in [-0.05, 0) is 43.4 Å².